The van der Waals surface area contributed by atoms with Gasteiger partial charge in [0.2, 0.25) is 11.8 Å². The van der Waals surface area contributed by atoms with Crippen molar-refractivity contribution >= 4 is 11.8 Å². The van der Waals surface area contributed by atoms with Crippen LogP contribution in [0, 0.1) is 23.2 Å². The molecule has 4 N–H and O–H groups in total. The summed E-state index contributed by atoms with van der Waals surface area (Å²) < 4.78 is 0. The van der Waals surface area contributed by atoms with E-state index in [2.05, 4.69) is 30.4 Å². The number of carbonyl (C=O) groups excluding carboxylic acids is 2. The Balaban J connectivity index is 1.36. The number of carbonyl (C=O) groups is 2. The van der Waals surface area contributed by atoms with Gasteiger partial charge >= 0.3 is 0 Å². The first kappa shape index (κ1) is 23.1. The molecule has 2 fully saturated rings. The Bertz CT molecular complexity index is 1110. The maximum absolute atomic E-state index is 11.8. The highest BCUT2D eigenvalue weighted by Gasteiger charge is 2.57. The molecular formula is C29H36N2O3. The molecule has 0 heterocycles. The first-order valence-electron chi connectivity index (χ1n) is 12.7. The lowest BCUT2D eigenvalue weighted by molar-refractivity contribution is -0.119. The molecule has 5 nitrogen and oxygen atoms in total. The van der Waals surface area contributed by atoms with Crippen molar-refractivity contribution in [1.29, 1.82) is 0 Å². The molecule has 2 amide bonds. The summed E-state index contributed by atoms with van der Waals surface area (Å²) in [5.41, 5.74) is 11.0. The molecule has 0 aromatic heterocycles. The molecule has 0 bridgehead atoms. The van der Waals surface area contributed by atoms with Crippen LogP contribution in [0.4, 0.5) is 0 Å². The first-order chi connectivity index (χ1) is 16.3. The van der Waals surface area contributed by atoms with Crippen molar-refractivity contribution in [3.63, 3.8) is 0 Å². The van der Waals surface area contributed by atoms with Crippen LogP contribution in [0.2, 0.25) is 0 Å². The fraction of sp³-hybridized carbons (Fsp3) is 0.517. The topological polar surface area (TPSA) is 92.4 Å². The number of primary amides is 1. The van der Waals surface area contributed by atoms with Gasteiger partial charge in [0.25, 0.3) is 0 Å². The highest BCUT2D eigenvalue weighted by atomic mass is 16.3. The summed E-state index contributed by atoms with van der Waals surface area (Å²) in [7, 11) is 1.68. The van der Waals surface area contributed by atoms with E-state index >= 15 is 0 Å². The fourth-order valence-corrected chi connectivity index (χ4v) is 7.52. The molecule has 2 aromatic carbocycles. The van der Waals surface area contributed by atoms with Gasteiger partial charge in [0.15, 0.2) is 0 Å². The number of aliphatic hydroxyl groups is 1. The lowest BCUT2D eigenvalue weighted by Gasteiger charge is -2.50. The molecular weight excluding hydrogens is 424 g/mol. The lowest BCUT2D eigenvalue weighted by Crippen LogP contribution is -2.44. The predicted molar refractivity (Wildman–Crippen MR) is 132 cm³/mol. The average Bonchev–Trinajstić information content (AvgIpc) is 3.09. The molecule has 0 aliphatic heterocycles. The van der Waals surface area contributed by atoms with E-state index < -0.39 is 5.91 Å². The van der Waals surface area contributed by atoms with Crippen LogP contribution >= 0.6 is 0 Å². The maximum Gasteiger partial charge on any atom is 0.248 e. The van der Waals surface area contributed by atoms with E-state index in [1.165, 1.54) is 11.1 Å². The minimum absolute atomic E-state index is 0.0504. The second kappa shape index (κ2) is 8.84. The third-order valence-corrected chi connectivity index (χ3v) is 9.26. The largest absolute Gasteiger partial charge is 0.392 e. The number of likely N-dealkylation sites (N-methyl/N-ethyl adjacent to an activating group) is 1. The number of hydrogen-bond acceptors (Lipinski definition) is 3. The van der Waals surface area contributed by atoms with E-state index in [1.54, 1.807) is 13.1 Å². The number of nitrogens with one attached hydrogen (secondary N) is 1. The van der Waals surface area contributed by atoms with Crippen LogP contribution in [0.1, 0.15) is 71.1 Å². The van der Waals surface area contributed by atoms with Gasteiger partial charge in [-0.3, -0.25) is 9.59 Å². The monoisotopic (exact) mass is 460 g/mol. The van der Waals surface area contributed by atoms with Crippen LogP contribution in [0.3, 0.4) is 0 Å². The van der Waals surface area contributed by atoms with E-state index in [0.29, 0.717) is 29.7 Å². The summed E-state index contributed by atoms with van der Waals surface area (Å²) in [6.45, 7) is 2.31. The summed E-state index contributed by atoms with van der Waals surface area (Å²) in [6.07, 6.45) is 6.27. The van der Waals surface area contributed by atoms with Gasteiger partial charge in [-0.05, 0) is 102 Å². The standard InChI is InChI=1S/C29H36N2O3/c1-29-11-10-23-22-8-6-18(15-26(32)31-2)12-19(22)7-9-24(23)25(29)16-21(27(29)33)14-17-4-3-5-20(13-17)28(30)34/h3-6,8,12-13,21,23-25,27,33H,7,9-11,14-16H2,1-2H3,(H2,30,34)(H,31,32)/t21-,23?,24?,25?,27-,29-/m0/s1. The molecule has 0 saturated heterocycles. The molecule has 5 rings (SSSR count). The SMILES string of the molecule is CNC(=O)Cc1ccc2c(c1)CCC1C2CC[C@@]2(C)C1C[C@H](Cc1cccc(C(N)=O)c1)[C@@H]2O. The number of aliphatic hydroxyl groups excluding tert-OH is 1. The number of fused-ring (bicyclic) bond motifs is 5. The fourth-order valence-electron chi connectivity index (χ4n) is 7.52. The molecule has 6 atom stereocenters. The van der Waals surface area contributed by atoms with E-state index in [-0.39, 0.29) is 23.3 Å². The van der Waals surface area contributed by atoms with Crippen molar-refractivity contribution in [1.82, 2.24) is 5.32 Å². The molecule has 3 unspecified atom stereocenters. The second-order valence-electron chi connectivity index (χ2n) is 11.1. The number of benzene rings is 2. The van der Waals surface area contributed by atoms with Crippen LogP contribution in [-0.4, -0.2) is 30.1 Å². The van der Waals surface area contributed by atoms with Crippen molar-refractivity contribution in [2.45, 2.75) is 63.9 Å². The van der Waals surface area contributed by atoms with Crippen LogP contribution in [0.15, 0.2) is 42.5 Å². The molecule has 2 saturated carbocycles. The molecule has 3 aliphatic carbocycles. The second-order valence-corrected chi connectivity index (χ2v) is 11.1. The van der Waals surface area contributed by atoms with Gasteiger partial charge in [-0.15, -0.1) is 0 Å². The maximum atomic E-state index is 11.8. The number of hydrogen-bond donors (Lipinski definition) is 3. The zero-order chi connectivity index (χ0) is 24.0. The molecule has 0 radical (unpaired) electrons. The van der Waals surface area contributed by atoms with Crippen molar-refractivity contribution in [3.8, 4) is 0 Å². The van der Waals surface area contributed by atoms with E-state index in [9.17, 15) is 14.7 Å². The lowest BCUT2D eigenvalue weighted by atomic mass is 9.55. The van der Waals surface area contributed by atoms with E-state index in [4.69, 9.17) is 5.73 Å². The molecule has 3 aliphatic rings. The van der Waals surface area contributed by atoms with Gasteiger partial charge in [0.05, 0.1) is 12.5 Å². The minimum atomic E-state index is -0.406. The highest BCUT2D eigenvalue weighted by molar-refractivity contribution is 5.92. The zero-order valence-corrected chi connectivity index (χ0v) is 20.2. The number of amides is 2. The van der Waals surface area contributed by atoms with Gasteiger partial charge in [-0.1, -0.05) is 37.3 Å². The summed E-state index contributed by atoms with van der Waals surface area (Å²) in [5.74, 6) is 1.48. The summed E-state index contributed by atoms with van der Waals surface area (Å²) in [4.78, 5) is 23.4. The molecule has 5 heteroatoms. The van der Waals surface area contributed by atoms with E-state index in [0.717, 1.165) is 49.7 Å². The molecule has 180 valence electrons. The van der Waals surface area contributed by atoms with Crippen molar-refractivity contribution < 1.29 is 14.7 Å². The molecule has 2 aromatic rings. The Labute approximate surface area is 202 Å². The van der Waals surface area contributed by atoms with Gasteiger partial charge in [0, 0.05) is 12.6 Å². The van der Waals surface area contributed by atoms with E-state index in [1.807, 2.05) is 18.2 Å². The third-order valence-electron chi connectivity index (χ3n) is 9.26. The number of aryl methyl sites for hydroxylation is 1. The van der Waals surface area contributed by atoms with Gasteiger partial charge in [-0.2, -0.15) is 0 Å². The van der Waals surface area contributed by atoms with Gasteiger partial charge in [0.1, 0.15) is 0 Å². The number of rotatable bonds is 5. The van der Waals surface area contributed by atoms with Crippen molar-refractivity contribution in [2.24, 2.45) is 28.9 Å². The summed E-state index contributed by atoms with van der Waals surface area (Å²) >= 11 is 0. The summed E-state index contributed by atoms with van der Waals surface area (Å²) in [5, 5.41) is 14.2. The van der Waals surface area contributed by atoms with Crippen LogP contribution in [0.5, 0.6) is 0 Å². The van der Waals surface area contributed by atoms with Gasteiger partial charge in [-0.25, -0.2) is 0 Å². The zero-order valence-electron chi connectivity index (χ0n) is 20.2. The van der Waals surface area contributed by atoms with Crippen LogP contribution in [-0.2, 0) is 24.1 Å². The molecule has 34 heavy (non-hydrogen) atoms. The minimum Gasteiger partial charge on any atom is -0.392 e. The van der Waals surface area contributed by atoms with Crippen molar-refractivity contribution in [3.05, 3.63) is 70.3 Å². The Morgan fingerprint density at radius 1 is 1.15 bits per heavy atom. The Kier molecular flexibility index (Phi) is 6.01. The quantitative estimate of drug-likeness (QED) is 0.634. The predicted octanol–water partition coefficient (Wildman–Crippen LogP) is 3.76. The Morgan fingerprint density at radius 2 is 1.97 bits per heavy atom. The Morgan fingerprint density at radius 3 is 2.74 bits per heavy atom. The summed E-state index contributed by atoms with van der Waals surface area (Å²) in [6, 6.07) is 14.2. The van der Waals surface area contributed by atoms with Crippen LogP contribution in [0.25, 0.3) is 0 Å². The normalized spacial score (nSPS) is 31.8. The molecule has 0 spiro atoms. The smallest absolute Gasteiger partial charge is 0.248 e. The highest BCUT2D eigenvalue weighted by Crippen LogP contribution is 2.62. The van der Waals surface area contributed by atoms with Crippen molar-refractivity contribution in [2.75, 3.05) is 7.05 Å². The first-order valence-corrected chi connectivity index (χ1v) is 12.7. The third kappa shape index (κ3) is 3.94. The van der Waals surface area contributed by atoms with Gasteiger partial charge < -0.3 is 16.2 Å². The van der Waals surface area contributed by atoms with Crippen LogP contribution < -0.4 is 11.1 Å². The number of nitrogens with two attached hydrogens (primary N) is 1. The average molecular weight is 461 g/mol. The Hall–Kier alpha value is -2.66.